The van der Waals surface area contributed by atoms with Crippen molar-refractivity contribution in [1.29, 1.82) is 0 Å². The Bertz CT molecular complexity index is 959. The Kier molecular flexibility index (Phi) is 10.7. The number of morpholine rings is 1. The molecule has 3 aromatic rings. The smallest absolute Gasteiger partial charge is 0.172 e. The quantitative estimate of drug-likeness (QED) is 0.462. The minimum absolute atomic E-state index is 0. The molecule has 1 saturated heterocycles. The van der Waals surface area contributed by atoms with Crippen LogP contribution in [0.5, 0.6) is 5.75 Å². The minimum Gasteiger partial charge on any atom is -0.480 e. The highest BCUT2D eigenvalue weighted by Crippen LogP contribution is 2.41. The van der Waals surface area contributed by atoms with Gasteiger partial charge in [-0.15, -0.1) is 37.2 Å². The van der Waals surface area contributed by atoms with E-state index in [-0.39, 0.29) is 49.4 Å². The van der Waals surface area contributed by atoms with Crippen molar-refractivity contribution >= 4 is 43.0 Å². The van der Waals surface area contributed by atoms with Crippen LogP contribution in [0.1, 0.15) is 23.3 Å². The molecular weight excluding hydrogens is 481 g/mol. The van der Waals surface area contributed by atoms with Gasteiger partial charge in [-0.1, -0.05) is 60.7 Å². The van der Waals surface area contributed by atoms with Crippen LogP contribution in [0.4, 0.5) is 5.82 Å². The number of benzene rings is 2. The Balaban J connectivity index is 0.00000128. The van der Waals surface area contributed by atoms with Crippen molar-refractivity contribution in [2.24, 2.45) is 0 Å². The Morgan fingerprint density at radius 2 is 1.52 bits per heavy atom. The van der Waals surface area contributed by atoms with Gasteiger partial charge < -0.3 is 14.4 Å². The highest BCUT2D eigenvalue weighted by Gasteiger charge is 2.34. The molecule has 2 unspecified atom stereocenters. The van der Waals surface area contributed by atoms with Crippen molar-refractivity contribution in [3.8, 4) is 5.75 Å². The summed E-state index contributed by atoms with van der Waals surface area (Å²) in [6, 6.07) is 25.4. The molecule has 0 N–H and O–H groups in total. The third-order valence-corrected chi connectivity index (χ3v) is 5.92. The Labute approximate surface area is 214 Å². The second-order valence-corrected chi connectivity index (χ2v) is 7.83. The first-order valence-corrected chi connectivity index (χ1v) is 10.7. The number of halogens is 3. The van der Waals surface area contributed by atoms with Crippen molar-refractivity contribution in [2.75, 3.05) is 44.3 Å². The summed E-state index contributed by atoms with van der Waals surface area (Å²) in [6.45, 7) is 5.22. The van der Waals surface area contributed by atoms with Gasteiger partial charge >= 0.3 is 0 Å². The third-order valence-electron chi connectivity index (χ3n) is 5.92. The SMILES string of the molecule is Cl.Cl.Cl.c1ccc(C2CN(C(CN3CCOCC3)c3ccccc3)c3ncccc3O2)cc1. The van der Waals surface area contributed by atoms with Gasteiger partial charge in [-0.25, -0.2) is 4.98 Å². The number of rotatable bonds is 5. The van der Waals surface area contributed by atoms with Crippen LogP contribution in [-0.4, -0.2) is 49.3 Å². The lowest BCUT2D eigenvalue weighted by atomic mass is 10.0. The number of hydrogen-bond acceptors (Lipinski definition) is 5. The van der Waals surface area contributed by atoms with Gasteiger partial charge in [-0.2, -0.15) is 0 Å². The lowest BCUT2D eigenvalue weighted by molar-refractivity contribution is 0.0341. The molecule has 2 aromatic carbocycles. The minimum atomic E-state index is -0.0289. The van der Waals surface area contributed by atoms with Crippen LogP contribution in [0.25, 0.3) is 0 Å². The van der Waals surface area contributed by atoms with Crippen LogP contribution >= 0.6 is 37.2 Å². The van der Waals surface area contributed by atoms with Gasteiger partial charge in [0.05, 0.1) is 25.8 Å². The van der Waals surface area contributed by atoms with Crippen LogP contribution in [-0.2, 0) is 4.74 Å². The third kappa shape index (κ3) is 6.31. The molecule has 1 fully saturated rings. The number of hydrogen-bond donors (Lipinski definition) is 0. The number of fused-ring (bicyclic) bond motifs is 1. The zero-order chi connectivity index (χ0) is 20.2. The Hall–Kier alpha value is -2.02. The first-order chi connectivity index (χ1) is 14.9. The fourth-order valence-corrected chi connectivity index (χ4v) is 4.35. The second kappa shape index (κ2) is 13.0. The highest BCUT2D eigenvalue weighted by atomic mass is 35.5. The maximum atomic E-state index is 6.39. The van der Waals surface area contributed by atoms with Crippen LogP contribution in [0.2, 0.25) is 0 Å². The summed E-state index contributed by atoms with van der Waals surface area (Å²) in [7, 11) is 0. The molecule has 5 rings (SSSR count). The van der Waals surface area contributed by atoms with Crippen LogP contribution in [0.15, 0.2) is 79.0 Å². The molecule has 8 heteroatoms. The van der Waals surface area contributed by atoms with E-state index >= 15 is 0 Å². The van der Waals surface area contributed by atoms with Crippen molar-refractivity contribution < 1.29 is 9.47 Å². The van der Waals surface area contributed by atoms with Crippen LogP contribution < -0.4 is 9.64 Å². The van der Waals surface area contributed by atoms with Gasteiger partial charge in [0.1, 0.15) is 6.10 Å². The zero-order valence-corrected chi connectivity index (χ0v) is 20.7. The largest absolute Gasteiger partial charge is 0.480 e. The van der Waals surface area contributed by atoms with Gasteiger partial charge in [0.25, 0.3) is 0 Å². The summed E-state index contributed by atoms with van der Waals surface area (Å²) in [5.74, 6) is 1.77. The van der Waals surface area contributed by atoms with Gasteiger partial charge in [0.15, 0.2) is 11.6 Å². The average molecular weight is 511 g/mol. The van der Waals surface area contributed by atoms with Crippen molar-refractivity contribution in [1.82, 2.24) is 9.88 Å². The number of ether oxygens (including phenoxy) is 2. The molecule has 2 aliphatic heterocycles. The fourth-order valence-electron chi connectivity index (χ4n) is 4.35. The summed E-state index contributed by atoms with van der Waals surface area (Å²) < 4.78 is 12.0. The standard InChI is InChI=1S/C25H27N3O2.3ClH/c1-3-8-20(9-4-1)22(18-27-14-16-29-17-15-27)28-19-24(21-10-5-2-6-11-21)30-23-12-7-13-26-25(23)28;;;/h1-13,22,24H,14-19H2;3*1H. The second-order valence-electron chi connectivity index (χ2n) is 7.83. The lowest BCUT2D eigenvalue weighted by Crippen LogP contribution is -2.46. The molecule has 2 atom stereocenters. The molecule has 0 spiro atoms. The summed E-state index contributed by atoms with van der Waals surface area (Å²) in [5.41, 5.74) is 2.49. The molecule has 3 heterocycles. The van der Waals surface area contributed by atoms with E-state index in [1.165, 1.54) is 11.1 Å². The van der Waals surface area contributed by atoms with Gasteiger partial charge in [0, 0.05) is 25.8 Å². The van der Waals surface area contributed by atoms with E-state index in [1.54, 1.807) is 0 Å². The van der Waals surface area contributed by atoms with Crippen molar-refractivity contribution in [3.63, 3.8) is 0 Å². The molecule has 1 aromatic heterocycles. The van der Waals surface area contributed by atoms with Crippen LogP contribution in [0, 0.1) is 0 Å². The molecule has 0 aliphatic carbocycles. The van der Waals surface area contributed by atoms with E-state index in [0.717, 1.165) is 51.0 Å². The summed E-state index contributed by atoms with van der Waals surface area (Å²) in [4.78, 5) is 9.65. The molecule has 0 amide bonds. The molecule has 0 radical (unpaired) electrons. The molecule has 0 saturated carbocycles. The van der Waals surface area contributed by atoms with E-state index in [2.05, 4.69) is 64.4 Å². The number of pyridine rings is 1. The Morgan fingerprint density at radius 3 is 2.21 bits per heavy atom. The molecule has 5 nitrogen and oxygen atoms in total. The van der Waals surface area contributed by atoms with Gasteiger partial charge in [0.2, 0.25) is 0 Å². The van der Waals surface area contributed by atoms with Gasteiger partial charge in [-0.05, 0) is 23.3 Å². The van der Waals surface area contributed by atoms with Crippen LogP contribution in [0.3, 0.4) is 0 Å². The normalized spacial score (nSPS) is 18.4. The maximum absolute atomic E-state index is 6.39. The van der Waals surface area contributed by atoms with Crippen molar-refractivity contribution in [2.45, 2.75) is 12.1 Å². The van der Waals surface area contributed by atoms with E-state index < -0.39 is 0 Å². The van der Waals surface area contributed by atoms with E-state index in [4.69, 9.17) is 14.5 Å². The fraction of sp³-hybridized carbons (Fsp3) is 0.320. The molecule has 33 heavy (non-hydrogen) atoms. The average Bonchev–Trinajstić information content (AvgIpc) is 2.84. The number of anilines is 1. The van der Waals surface area contributed by atoms with Crippen molar-refractivity contribution in [3.05, 3.63) is 90.1 Å². The summed E-state index contributed by atoms with van der Waals surface area (Å²) in [6.07, 6.45) is 1.83. The lowest BCUT2D eigenvalue weighted by Gasteiger charge is -2.42. The number of nitrogens with zero attached hydrogens (tertiary/aromatic N) is 3. The molecule has 2 aliphatic rings. The van der Waals surface area contributed by atoms with E-state index in [9.17, 15) is 0 Å². The Morgan fingerprint density at radius 1 is 0.848 bits per heavy atom. The molecular formula is C25H30Cl3N3O2. The maximum Gasteiger partial charge on any atom is 0.172 e. The molecule has 178 valence electrons. The van der Waals surface area contributed by atoms with E-state index in [1.807, 2.05) is 24.4 Å². The monoisotopic (exact) mass is 509 g/mol. The first-order valence-electron chi connectivity index (χ1n) is 10.7. The number of aromatic nitrogens is 1. The zero-order valence-electron chi connectivity index (χ0n) is 18.3. The summed E-state index contributed by atoms with van der Waals surface area (Å²) in [5, 5.41) is 0. The van der Waals surface area contributed by atoms with Gasteiger partial charge in [-0.3, -0.25) is 4.90 Å². The topological polar surface area (TPSA) is 37.8 Å². The van der Waals surface area contributed by atoms with E-state index in [0.29, 0.717) is 0 Å². The highest BCUT2D eigenvalue weighted by molar-refractivity contribution is 5.86. The predicted octanol–water partition coefficient (Wildman–Crippen LogP) is 5.36. The summed E-state index contributed by atoms with van der Waals surface area (Å²) >= 11 is 0. The molecule has 0 bridgehead atoms. The predicted molar refractivity (Wildman–Crippen MR) is 140 cm³/mol. The first kappa shape index (κ1) is 27.2.